The summed E-state index contributed by atoms with van der Waals surface area (Å²) < 4.78 is 0. The lowest BCUT2D eigenvalue weighted by atomic mass is 10.0. The van der Waals surface area contributed by atoms with Gasteiger partial charge in [-0.05, 0) is 18.2 Å². The zero-order valence-corrected chi connectivity index (χ0v) is 19.2. The molecule has 0 bridgehead atoms. The van der Waals surface area contributed by atoms with E-state index in [9.17, 15) is 9.59 Å². The summed E-state index contributed by atoms with van der Waals surface area (Å²) in [6, 6.07) is 26.7. The molecule has 3 heterocycles. The van der Waals surface area contributed by atoms with Crippen molar-refractivity contribution in [2.45, 2.75) is 12.7 Å². The van der Waals surface area contributed by atoms with Crippen LogP contribution < -0.4 is 10.2 Å². The first-order valence-corrected chi connectivity index (χ1v) is 11.6. The molecule has 0 saturated carbocycles. The highest BCUT2D eigenvalue weighted by atomic mass is 16.2. The maximum absolute atomic E-state index is 13.9. The molecule has 3 N–H and O–H groups in total. The maximum atomic E-state index is 13.9. The molecule has 0 radical (unpaired) electrons. The Hall–Kier alpha value is -4.98. The summed E-state index contributed by atoms with van der Waals surface area (Å²) in [4.78, 5) is 43.9. The van der Waals surface area contributed by atoms with Crippen molar-refractivity contribution in [3.05, 3.63) is 120 Å². The van der Waals surface area contributed by atoms with Crippen LogP contribution in [0.5, 0.6) is 0 Å². The lowest BCUT2D eigenvalue weighted by Gasteiger charge is -2.25. The van der Waals surface area contributed by atoms with Gasteiger partial charge >= 0.3 is 0 Å². The van der Waals surface area contributed by atoms with Crippen LogP contribution in [0.1, 0.15) is 27.3 Å². The Labute approximate surface area is 206 Å². The minimum Gasteiger partial charge on any atom is -0.351 e. The van der Waals surface area contributed by atoms with Crippen LogP contribution in [0.25, 0.3) is 10.9 Å². The fourth-order valence-electron chi connectivity index (χ4n) is 4.45. The molecule has 36 heavy (non-hydrogen) atoms. The molecule has 5 aromatic rings. The van der Waals surface area contributed by atoms with Gasteiger partial charge < -0.3 is 20.2 Å². The average molecular weight is 475 g/mol. The minimum atomic E-state index is -1.13. The third kappa shape index (κ3) is 3.94. The molecule has 8 nitrogen and oxygen atoms in total. The molecule has 0 spiro atoms. The summed E-state index contributed by atoms with van der Waals surface area (Å²) >= 11 is 0. The van der Waals surface area contributed by atoms with E-state index in [1.807, 2.05) is 78.9 Å². The number of imidazole rings is 1. The molecule has 8 heteroatoms. The number of carbonyl (C=O) groups is 2. The van der Waals surface area contributed by atoms with Crippen LogP contribution in [-0.2, 0) is 11.3 Å². The van der Waals surface area contributed by atoms with Gasteiger partial charge in [-0.2, -0.15) is 0 Å². The monoisotopic (exact) mass is 474 g/mol. The van der Waals surface area contributed by atoms with Crippen LogP contribution in [-0.4, -0.2) is 38.6 Å². The molecule has 6 rings (SSSR count). The highest BCUT2D eigenvalue weighted by Gasteiger charge is 2.33. The van der Waals surface area contributed by atoms with Crippen molar-refractivity contribution >= 4 is 34.1 Å². The molecule has 0 saturated heterocycles. The molecular weight excluding hydrogens is 452 g/mol. The number of aromatic nitrogens is 3. The fourth-order valence-corrected chi connectivity index (χ4v) is 4.45. The number of amides is 2. The number of benzene rings is 3. The second kappa shape index (κ2) is 8.99. The number of nitrogens with one attached hydrogen (secondary N) is 3. The van der Waals surface area contributed by atoms with E-state index in [4.69, 9.17) is 4.99 Å². The van der Waals surface area contributed by atoms with E-state index in [1.165, 1.54) is 0 Å². The molecule has 2 amide bonds. The molecule has 176 valence electrons. The Morgan fingerprint density at radius 3 is 2.56 bits per heavy atom. The molecule has 0 aliphatic carbocycles. The van der Waals surface area contributed by atoms with Gasteiger partial charge in [0.25, 0.3) is 11.8 Å². The summed E-state index contributed by atoms with van der Waals surface area (Å²) in [5.74, 6) is -0.749. The van der Waals surface area contributed by atoms with E-state index in [1.54, 1.807) is 23.5 Å². The fraction of sp³-hybridized carbons (Fsp3) is 0.0714. The summed E-state index contributed by atoms with van der Waals surface area (Å²) in [6.07, 6.45) is 2.12. The van der Waals surface area contributed by atoms with Gasteiger partial charge in [0.15, 0.2) is 0 Å². The summed E-state index contributed by atoms with van der Waals surface area (Å²) in [7, 11) is 0. The van der Waals surface area contributed by atoms with E-state index < -0.39 is 12.1 Å². The SMILES string of the molecule is O=C(N[C@H]1N=C(c2ccccc2)c2ccccc2N(Cc2cnc[nH]2)C1=O)c1cc2ccccc2[nH]1. The van der Waals surface area contributed by atoms with Crippen LogP contribution in [0, 0.1) is 0 Å². The standard InChI is InChI=1S/C28H22N6O2/c35-27(23-14-19-10-4-6-12-22(19)31-23)33-26-28(36)34(16-20-15-29-17-30-20)24-13-7-5-11-21(24)25(32-26)18-8-2-1-3-9-18/h1-15,17,26,31H,16H2,(H,29,30)(H,33,35)/t26-/m1/s1. The third-order valence-corrected chi connectivity index (χ3v) is 6.18. The van der Waals surface area contributed by atoms with Crippen LogP contribution in [0.2, 0.25) is 0 Å². The van der Waals surface area contributed by atoms with Gasteiger partial charge in [0.1, 0.15) is 5.69 Å². The number of para-hydroxylation sites is 2. The molecule has 1 aliphatic rings. The van der Waals surface area contributed by atoms with Crippen molar-refractivity contribution in [2.24, 2.45) is 4.99 Å². The zero-order valence-electron chi connectivity index (χ0n) is 19.2. The predicted molar refractivity (Wildman–Crippen MR) is 138 cm³/mol. The number of anilines is 1. The number of benzodiazepines with no additional fused rings is 1. The number of aromatic amines is 2. The Morgan fingerprint density at radius 1 is 0.972 bits per heavy atom. The highest BCUT2D eigenvalue weighted by molar-refractivity contribution is 6.20. The van der Waals surface area contributed by atoms with Crippen LogP contribution in [0.15, 0.2) is 102 Å². The summed E-state index contributed by atoms with van der Waals surface area (Å²) in [6.45, 7) is 0.256. The quantitative estimate of drug-likeness (QED) is 0.358. The largest absolute Gasteiger partial charge is 0.351 e. The van der Waals surface area contributed by atoms with Gasteiger partial charge in [0, 0.05) is 28.2 Å². The number of fused-ring (bicyclic) bond motifs is 2. The Kier molecular flexibility index (Phi) is 5.38. The first-order chi connectivity index (χ1) is 17.7. The second-order valence-corrected chi connectivity index (χ2v) is 8.51. The van der Waals surface area contributed by atoms with E-state index in [0.717, 1.165) is 27.7 Å². The molecule has 1 aliphatic heterocycles. The number of hydrogen-bond acceptors (Lipinski definition) is 4. The van der Waals surface area contributed by atoms with Gasteiger partial charge in [0.2, 0.25) is 6.17 Å². The molecule has 3 aromatic carbocycles. The van der Waals surface area contributed by atoms with Crippen LogP contribution >= 0.6 is 0 Å². The van der Waals surface area contributed by atoms with E-state index in [0.29, 0.717) is 17.1 Å². The van der Waals surface area contributed by atoms with E-state index in [-0.39, 0.29) is 12.5 Å². The van der Waals surface area contributed by atoms with E-state index >= 15 is 0 Å². The van der Waals surface area contributed by atoms with Crippen molar-refractivity contribution in [1.82, 2.24) is 20.3 Å². The van der Waals surface area contributed by atoms with Gasteiger partial charge in [-0.3, -0.25) is 9.59 Å². The maximum Gasteiger partial charge on any atom is 0.272 e. The lowest BCUT2D eigenvalue weighted by Crippen LogP contribution is -2.47. The number of nitrogens with zero attached hydrogens (tertiary/aromatic N) is 3. The normalized spacial score (nSPS) is 15.3. The van der Waals surface area contributed by atoms with Gasteiger partial charge in [-0.15, -0.1) is 0 Å². The second-order valence-electron chi connectivity index (χ2n) is 8.51. The van der Waals surface area contributed by atoms with Crippen molar-refractivity contribution in [3.63, 3.8) is 0 Å². The highest BCUT2D eigenvalue weighted by Crippen LogP contribution is 2.29. The molecule has 0 unspecified atom stereocenters. The predicted octanol–water partition coefficient (Wildman–Crippen LogP) is 4.03. The lowest BCUT2D eigenvalue weighted by molar-refractivity contribution is -0.120. The van der Waals surface area contributed by atoms with Crippen molar-refractivity contribution in [1.29, 1.82) is 0 Å². The molecule has 2 aromatic heterocycles. The van der Waals surface area contributed by atoms with Crippen molar-refractivity contribution in [2.75, 3.05) is 4.90 Å². The van der Waals surface area contributed by atoms with Gasteiger partial charge in [-0.1, -0.05) is 66.7 Å². The average Bonchev–Trinajstić information content (AvgIpc) is 3.58. The molecule has 0 fully saturated rings. The Morgan fingerprint density at radius 2 is 1.75 bits per heavy atom. The first kappa shape index (κ1) is 21.5. The summed E-state index contributed by atoms with van der Waals surface area (Å²) in [5.41, 5.74) is 4.97. The number of carbonyl (C=O) groups excluding carboxylic acids is 2. The van der Waals surface area contributed by atoms with E-state index in [2.05, 4.69) is 20.3 Å². The van der Waals surface area contributed by atoms with Crippen LogP contribution in [0.3, 0.4) is 0 Å². The molecular formula is C28H22N6O2. The van der Waals surface area contributed by atoms with Crippen molar-refractivity contribution < 1.29 is 9.59 Å². The van der Waals surface area contributed by atoms with Crippen molar-refractivity contribution in [3.8, 4) is 0 Å². The zero-order chi connectivity index (χ0) is 24.5. The Balaban J connectivity index is 1.44. The van der Waals surface area contributed by atoms with Gasteiger partial charge in [-0.25, -0.2) is 9.98 Å². The first-order valence-electron chi connectivity index (χ1n) is 11.6. The Bertz CT molecular complexity index is 1550. The number of H-pyrrole nitrogens is 2. The number of aliphatic imine (C=N–C) groups is 1. The number of hydrogen-bond donors (Lipinski definition) is 3. The minimum absolute atomic E-state index is 0.256. The van der Waals surface area contributed by atoms with Crippen LogP contribution in [0.4, 0.5) is 5.69 Å². The third-order valence-electron chi connectivity index (χ3n) is 6.18. The molecule has 1 atom stereocenters. The topological polar surface area (TPSA) is 106 Å². The summed E-state index contributed by atoms with van der Waals surface area (Å²) in [5, 5.41) is 3.77. The smallest absolute Gasteiger partial charge is 0.272 e. The number of rotatable bonds is 5. The van der Waals surface area contributed by atoms with Gasteiger partial charge in [0.05, 0.1) is 30.0 Å².